The highest BCUT2D eigenvalue weighted by Crippen LogP contribution is 2.32. The fourth-order valence-electron chi connectivity index (χ4n) is 3.54. The molecular formula is C23H19F5N6O. The van der Waals surface area contributed by atoms with Crippen molar-refractivity contribution in [2.45, 2.75) is 32.0 Å². The number of rotatable bonds is 6. The summed E-state index contributed by atoms with van der Waals surface area (Å²) >= 11 is 0. The van der Waals surface area contributed by atoms with E-state index in [2.05, 4.69) is 25.6 Å². The first-order valence-corrected chi connectivity index (χ1v) is 10.3. The van der Waals surface area contributed by atoms with Crippen LogP contribution in [0.4, 0.5) is 27.6 Å². The SMILES string of the molecule is CC(C)(c1ncn[nH]1)n1cc(-c2c(F)cc(NC(=O)Cc3cccc(C(F)(F)F)c3)cc2F)cn1. The molecule has 2 aromatic carbocycles. The number of anilines is 1. The number of hydrogen-bond donors (Lipinski definition) is 2. The molecule has 0 aliphatic heterocycles. The van der Waals surface area contributed by atoms with Crippen LogP contribution >= 0.6 is 0 Å². The molecule has 4 rings (SSSR count). The van der Waals surface area contributed by atoms with Crippen LogP contribution in [0.15, 0.2) is 55.1 Å². The summed E-state index contributed by atoms with van der Waals surface area (Å²) in [4.78, 5) is 16.4. The summed E-state index contributed by atoms with van der Waals surface area (Å²) in [6.07, 6.45) is -0.868. The number of carbonyl (C=O) groups is 1. The molecule has 0 atom stereocenters. The van der Waals surface area contributed by atoms with E-state index in [9.17, 15) is 26.7 Å². The van der Waals surface area contributed by atoms with Crippen molar-refractivity contribution in [2.24, 2.45) is 0 Å². The predicted octanol–water partition coefficient (Wildman–Crippen LogP) is 4.93. The lowest BCUT2D eigenvalue weighted by atomic mass is 10.0. The van der Waals surface area contributed by atoms with Crippen molar-refractivity contribution in [3.63, 3.8) is 0 Å². The zero-order valence-corrected chi connectivity index (χ0v) is 18.5. The van der Waals surface area contributed by atoms with Gasteiger partial charge in [0.15, 0.2) is 5.82 Å². The summed E-state index contributed by atoms with van der Waals surface area (Å²) in [5.74, 6) is -2.13. The van der Waals surface area contributed by atoms with E-state index in [1.54, 1.807) is 13.8 Å². The first-order valence-electron chi connectivity index (χ1n) is 10.3. The van der Waals surface area contributed by atoms with Crippen LogP contribution in [0.3, 0.4) is 0 Å². The largest absolute Gasteiger partial charge is 0.416 e. The molecule has 0 radical (unpaired) electrons. The van der Waals surface area contributed by atoms with Gasteiger partial charge in [-0.25, -0.2) is 13.8 Å². The van der Waals surface area contributed by atoms with E-state index in [0.29, 0.717) is 5.82 Å². The minimum atomic E-state index is -4.55. The van der Waals surface area contributed by atoms with Crippen LogP contribution < -0.4 is 5.32 Å². The van der Waals surface area contributed by atoms with Crippen LogP contribution in [0.2, 0.25) is 0 Å². The summed E-state index contributed by atoms with van der Waals surface area (Å²) in [5.41, 5.74) is -1.92. The summed E-state index contributed by atoms with van der Waals surface area (Å²) in [5, 5.41) is 13.0. The Labute approximate surface area is 196 Å². The maximum absolute atomic E-state index is 14.9. The summed E-state index contributed by atoms with van der Waals surface area (Å²) < 4.78 is 69.8. The molecule has 0 aliphatic carbocycles. The number of alkyl halides is 3. The first-order chi connectivity index (χ1) is 16.4. The molecular weight excluding hydrogens is 471 g/mol. The molecule has 12 heteroatoms. The molecule has 0 aliphatic rings. The van der Waals surface area contributed by atoms with Crippen LogP contribution in [-0.4, -0.2) is 30.9 Å². The number of hydrogen-bond acceptors (Lipinski definition) is 4. The molecule has 0 bridgehead atoms. The minimum absolute atomic E-state index is 0.108. The summed E-state index contributed by atoms with van der Waals surface area (Å²) in [7, 11) is 0. The number of carbonyl (C=O) groups excluding carboxylic acids is 1. The monoisotopic (exact) mass is 490 g/mol. The van der Waals surface area contributed by atoms with Crippen LogP contribution in [0.25, 0.3) is 11.1 Å². The molecule has 35 heavy (non-hydrogen) atoms. The van der Waals surface area contributed by atoms with E-state index in [1.807, 2.05) is 0 Å². The molecule has 7 nitrogen and oxygen atoms in total. The molecule has 1 amide bonds. The van der Waals surface area contributed by atoms with E-state index in [1.165, 1.54) is 35.5 Å². The lowest BCUT2D eigenvalue weighted by molar-refractivity contribution is -0.137. The highest BCUT2D eigenvalue weighted by atomic mass is 19.4. The second-order valence-corrected chi connectivity index (χ2v) is 8.30. The fraction of sp³-hybridized carbons (Fsp3) is 0.217. The number of aromatic nitrogens is 5. The Morgan fingerprint density at radius 3 is 2.46 bits per heavy atom. The smallest absolute Gasteiger partial charge is 0.326 e. The number of benzene rings is 2. The topological polar surface area (TPSA) is 88.5 Å². The Bertz CT molecular complexity index is 1340. The number of aromatic amines is 1. The third-order valence-corrected chi connectivity index (χ3v) is 5.38. The van der Waals surface area contributed by atoms with Gasteiger partial charge in [0.2, 0.25) is 5.91 Å². The van der Waals surface area contributed by atoms with Gasteiger partial charge in [-0.15, -0.1) is 0 Å². The highest BCUT2D eigenvalue weighted by molar-refractivity contribution is 5.92. The normalized spacial score (nSPS) is 12.1. The summed E-state index contributed by atoms with van der Waals surface area (Å²) in [6.45, 7) is 3.58. The Morgan fingerprint density at radius 2 is 1.83 bits per heavy atom. The van der Waals surface area contributed by atoms with Gasteiger partial charge < -0.3 is 5.32 Å². The second kappa shape index (κ2) is 8.93. The van der Waals surface area contributed by atoms with Crippen molar-refractivity contribution in [3.05, 3.63) is 83.7 Å². The van der Waals surface area contributed by atoms with Gasteiger partial charge in [-0.1, -0.05) is 18.2 Å². The van der Waals surface area contributed by atoms with Crippen molar-refractivity contribution in [1.82, 2.24) is 25.0 Å². The van der Waals surface area contributed by atoms with Crippen molar-refractivity contribution < 1.29 is 26.7 Å². The Kier molecular flexibility index (Phi) is 6.14. The van der Waals surface area contributed by atoms with Gasteiger partial charge in [-0.3, -0.25) is 14.6 Å². The average Bonchev–Trinajstić information content (AvgIpc) is 3.46. The lowest BCUT2D eigenvalue weighted by Crippen LogP contribution is -2.29. The number of nitrogens with one attached hydrogen (secondary N) is 2. The Hall–Kier alpha value is -4.09. The Morgan fingerprint density at radius 1 is 1.11 bits per heavy atom. The van der Waals surface area contributed by atoms with Gasteiger partial charge in [0.25, 0.3) is 0 Å². The molecule has 2 aromatic heterocycles. The molecule has 2 N–H and O–H groups in total. The molecule has 2 heterocycles. The number of halogens is 5. The quantitative estimate of drug-likeness (QED) is 0.375. The fourth-order valence-corrected chi connectivity index (χ4v) is 3.54. The van der Waals surface area contributed by atoms with Gasteiger partial charge in [0, 0.05) is 17.4 Å². The molecule has 182 valence electrons. The van der Waals surface area contributed by atoms with Crippen molar-refractivity contribution >= 4 is 11.6 Å². The van der Waals surface area contributed by atoms with E-state index in [0.717, 1.165) is 24.3 Å². The number of amides is 1. The molecule has 0 fully saturated rings. The van der Waals surface area contributed by atoms with Crippen LogP contribution in [-0.2, 0) is 22.9 Å². The van der Waals surface area contributed by atoms with Gasteiger partial charge in [-0.05, 0) is 37.6 Å². The van der Waals surface area contributed by atoms with E-state index in [-0.39, 0.29) is 22.4 Å². The third-order valence-electron chi connectivity index (χ3n) is 5.38. The van der Waals surface area contributed by atoms with Crippen LogP contribution in [0.5, 0.6) is 0 Å². The Balaban J connectivity index is 1.52. The number of nitrogens with zero attached hydrogens (tertiary/aromatic N) is 4. The molecule has 0 spiro atoms. The minimum Gasteiger partial charge on any atom is -0.326 e. The highest BCUT2D eigenvalue weighted by Gasteiger charge is 2.30. The number of H-pyrrole nitrogens is 1. The van der Waals surface area contributed by atoms with Gasteiger partial charge in [0.05, 0.1) is 23.7 Å². The van der Waals surface area contributed by atoms with E-state index >= 15 is 0 Å². The van der Waals surface area contributed by atoms with Crippen molar-refractivity contribution in [3.8, 4) is 11.1 Å². The predicted molar refractivity (Wildman–Crippen MR) is 116 cm³/mol. The maximum Gasteiger partial charge on any atom is 0.416 e. The van der Waals surface area contributed by atoms with Gasteiger partial charge >= 0.3 is 6.18 Å². The second-order valence-electron chi connectivity index (χ2n) is 8.30. The molecule has 0 unspecified atom stereocenters. The molecule has 0 saturated carbocycles. The summed E-state index contributed by atoms with van der Waals surface area (Å²) in [6, 6.07) is 6.14. The van der Waals surface area contributed by atoms with Gasteiger partial charge in [0.1, 0.15) is 23.5 Å². The molecule has 0 saturated heterocycles. The standard InChI is InChI=1S/C23H19F5N6O/c1-22(2,21-29-12-30-33-21)34-11-14(10-31-34)20-17(24)8-16(9-18(20)25)32-19(35)7-13-4-3-5-15(6-13)23(26,27)28/h3-6,8-12H,7H2,1-2H3,(H,32,35)(H,29,30,33). The van der Waals surface area contributed by atoms with Crippen molar-refractivity contribution in [1.29, 1.82) is 0 Å². The first kappa shape index (κ1) is 24.0. The van der Waals surface area contributed by atoms with E-state index < -0.39 is 41.2 Å². The zero-order valence-electron chi connectivity index (χ0n) is 18.5. The zero-order chi connectivity index (χ0) is 25.4. The van der Waals surface area contributed by atoms with Crippen LogP contribution in [0, 0.1) is 11.6 Å². The van der Waals surface area contributed by atoms with Crippen LogP contribution in [0.1, 0.15) is 30.8 Å². The lowest BCUT2D eigenvalue weighted by Gasteiger charge is -2.22. The van der Waals surface area contributed by atoms with E-state index in [4.69, 9.17) is 0 Å². The van der Waals surface area contributed by atoms with Gasteiger partial charge in [-0.2, -0.15) is 23.4 Å². The van der Waals surface area contributed by atoms with Crippen molar-refractivity contribution in [2.75, 3.05) is 5.32 Å². The molecule has 4 aromatic rings. The third kappa shape index (κ3) is 5.05. The maximum atomic E-state index is 14.9. The average molecular weight is 490 g/mol.